The second kappa shape index (κ2) is 4.53. The van der Waals surface area contributed by atoms with Crippen LogP contribution in [0.5, 0.6) is 0 Å². The Morgan fingerprint density at radius 3 is 3.00 bits per heavy atom. The first-order valence-electron chi connectivity index (χ1n) is 5.03. The van der Waals surface area contributed by atoms with Gasteiger partial charge in [0.1, 0.15) is 5.82 Å². The predicted octanol–water partition coefficient (Wildman–Crippen LogP) is 0.930. The Labute approximate surface area is 83.5 Å². The summed E-state index contributed by atoms with van der Waals surface area (Å²) in [6.07, 6.45) is 0.894. The Kier molecular flexibility index (Phi) is 3.11. The van der Waals surface area contributed by atoms with Crippen LogP contribution in [0.1, 0.15) is 5.56 Å². The van der Waals surface area contributed by atoms with Gasteiger partial charge in [-0.2, -0.15) is 0 Å². The molecule has 2 N–H and O–H groups in total. The number of rotatable bonds is 2. The van der Waals surface area contributed by atoms with Gasteiger partial charge in [-0.3, -0.25) is 0 Å². The van der Waals surface area contributed by atoms with Gasteiger partial charge in [-0.1, -0.05) is 12.1 Å². The highest BCUT2D eigenvalue weighted by molar-refractivity contribution is 5.17. The van der Waals surface area contributed by atoms with Gasteiger partial charge in [-0.15, -0.1) is 0 Å². The Hall–Kier alpha value is -0.930. The van der Waals surface area contributed by atoms with Crippen LogP contribution in [0.2, 0.25) is 0 Å². The first-order chi connectivity index (χ1) is 6.84. The average Bonchev–Trinajstić information content (AvgIpc) is 2.19. The van der Waals surface area contributed by atoms with E-state index in [0.717, 1.165) is 31.6 Å². The van der Waals surface area contributed by atoms with Crippen molar-refractivity contribution in [3.05, 3.63) is 35.6 Å². The minimum absolute atomic E-state index is 0.147. The van der Waals surface area contributed by atoms with Gasteiger partial charge in [0.25, 0.3) is 0 Å². The van der Waals surface area contributed by atoms with Gasteiger partial charge in [0.05, 0.1) is 0 Å². The van der Waals surface area contributed by atoms with Gasteiger partial charge < -0.3 is 10.6 Å². The molecule has 1 saturated heterocycles. The van der Waals surface area contributed by atoms with Crippen LogP contribution in [-0.2, 0) is 6.42 Å². The number of hydrogen-bond acceptors (Lipinski definition) is 2. The topological polar surface area (TPSA) is 24.1 Å². The zero-order chi connectivity index (χ0) is 9.80. The first-order valence-corrected chi connectivity index (χ1v) is 5.03. The van der Waals surface area contributed by atoms with E-state index in [9.17, 15) is 4.39 Å². The molecule has 1 aromatic rings. The molecule has 1 unspecified atom stereocenters. The maximum atomic E-state index is 12.9. The normalized spacial score (nSPS) is 22.2. The van der Waals surface area contributed by atoms with E-state index >= 15 is 0 Å². The molecular formula is C11H15FN2. The standard InChI is InChI=1S/C11H15FN2/c12-10-3-1-2-9(6-10)7-11-8-13-4-5-14-11/h1-3,6,11,13-14H,4-5,7-8H2. The number of piperazine rings is 1. The Morgan fingerprint density at radius 2 is 2.29 bits per heavy atom. The van der Waals surface area contributed by atoms with Crippen molar-refractivity contribution in [1.82, 2.24) is 10.6 Å². The summed E-state index contributed by atoms with van der Waals surface area (Å²) in [4.78, 5) is 0. The maximum Gasteiger partial charge on any atom is 0.123 e. The fourth-order valence-electron chi connectivity index (χ4n) is 1.81. The second-order valence-corrected chi connectivity index (χ2v) is 3.69. The third-order valence-electron chi connectivity index (χ3n) is 2.50. The molecule has 1 aliphatic rings. The van der Waals surface area contributed by atoms with E-state index in [1.165, 1.54) is 6.07 Å². The summed E-state index contributed by atoms with van der Waals surface area (Å²) in [5.41, 5.74) is 1.06. The van der Waals surface area contributed by atoms with Crippen molar-refractivity contribution in [3.63, 3.8) is 0 Å². The molecule has 0 bridgehead atoms. The fourth-order valence-corrected chi connectivity index (χ4v) is 1.81. The Morgan fingerprint density at radius 1 is 1.36 bits per heavy atom. The average molecular weight is 194 g/mol. The SMILES string of the molecule is Fc1cccc(CC2CNCCN2)c1. The van der Waals surface area contributed by atoms with Gasteiger partial charge in [0.15, 0.2) is 0 Å². The van der Waals surface area contributed by atoms with Crippen LogP contribution >= 0.6 is 0 Å². The van der Waals surface area contributed by atoms with Crippen LogP contribution in [-0.4, -0.2) is 25.7 Å². The minimum Gasteiger partial charge on any atom is -0.314 e. The zero-order valence-electron chi connectivity index (χ0n) is 8.09. The van der Waals surface area contributed by atoms with Crippen molar-refractivity contribution in [3.8, 4) is 0 Å². The molecule has 76 valence electrons. The first kappa shape index (κ1) is 9.62. The highest BCUT2D eigenvalue weighted by Crippen LogP contribution is 2.06. The van der Waals surface area contributed by atoms with Gasteiger partial charge in [-0.25, -0.2) is 4.39 Å². The van der Waals surface area contributed by atoms with E-state index < -0.39 is 0 Å². The molecule has 2 rings (SSSR count). The summed E-state index contributed by atoms with van der Waals surface area (Å²) in [6, 6.07) is 7.26. The van der Waals surface area contributed by atoms with E-state index in [4.69, 9.17) is 0 Å². The molecule has 0 aromatic heterocycles. The lowest BCUT2D eigenvalue weighted by molar-refractivity contribution is 0.416. The number of nitrogens with one attached hydrogen (secondary N) is 2. The molecule has 1 fully saturated rings. The van der Waals surface area contributed by atoms with Crippen LogP contribution < -0.4 is 10.6 Å². The van der Waals surface area contributed by atoms with Crippen LogP contribution in [0.15, 0.2) is 24.3 Å². The van der Waals surface area contributed by atoms with E-state index in [1.807, 2.05) is 6.07 Å². The van der Waals surface area contributed by atoms with Crippen LogP contribution in [0.4, 0.5) is 4.39 Å². The summed E-state index contributed by atoms with van der Waals surface area (Å²) >= 11 is 0. The van der Waals surface area contributed by atoms with Crippen LogP contribution in [0.25, 0.3) is 0 Å². The van der Waals surface area contributed by atoms with Gasteiger partial charge in [0, 0.05) is 25.7 Å². The van der Waals surface area contributed by atoms with Crippen molar-refractivity contribution in [1.29, 1.82) is 0 Å². The predicted molar refractivity (Wildman–Crippen MR) is 54.8 cm³/mol. The van der Waals surface area contributed by atoms with E-state index in [1.54, 1.807) is 12.1 Å². The highest BCUT2D eigenvalue weighted by Gasteiger charge is 2.12. The monoisotopic (exact) mass is 194 g/mol. The molecule has 1 heterocycles. The summed E-state index contributed by atoms with van der Waals surface area (Å²) in [5, 5.41) is 6.72. The third-order valence-corrected chi connectivity index (χ3v) is 2.50. The Balaban J connectivity index is 1.95. The molecule has 1 atom stereocenters. The number of hydrogen-bond donors (Lipinski definition) is 2. The molecule has 3 heteroatoms. The maximum absolute atomic E-state index is 12.9. The number of halogens is 1. The lowest BCUT2D eigenvalue weighted by atomic mass is 10.0. The second-order valence-electron chi connectivity index (χ2n) is 3.69. The molecule has 1 aromatic carbocycles. The van der Waals surface area contributed by atoms with Crippen LogP contribution in [0.3, 0.4) is 0 Å². The largest absolute Gasteiger partial charge is 0.314 e. The molecule has 0 spiro atoms. The molecule has 0 radical (unpaired) electrons. The van der Waals surface area contributed by atoms with Crippen molar-refractivity contribution in [2.75, 3.05) is 19.6 Å². The molecular weight excluding hydrogens is 179 g/mol. The summed E-state index contributed by atoms with van der Waals surface area (Å²) < 4.78 is 12.9. The number of benzene rings is 1. The fraction of sp³-hybridized carbons (Fsp3) is 0.455. The van der Waals surface area contributed by atoms with E-state index in [2.05, 4.69) is 10.6 Å². The van der Waals surface area contributed by atoms with Gasteiger partial charge in [0.2, 0.25) is 0 Å². The smallest absolute Gasteiger partial charge is 0.123 e. The molecule has 2 nitrogen and oxygen atoms in total. The van der Waals surface area contributed by atoms with E-state index in [0.29, 0.717) is 6.04 Å². The summed E-state index contributed by atoms with van der Waals surface area (Å²) in [7, 11) is 0. The lowest BCUT2D eigenvalue weighted by Crippen LogP contribution is -2.49. The van der Waals surface area contributed by atoms with Crippen molar-refractivity contribution in [2.24, 2.45) is 0 Å². The molecule has 1 aliphatic heterocycles. The highest BCUT2D eigenvalue weighted by atomic mass is 19.1. The molecule has 14 heavy (non-hydrogen) atoms. The van der Waals surface area contributed by atoms with Crippen molar-refractivity contribution < 1.29 is 4.39 Å². The molecule has 0 aliphatic carbocycles. The quantitative estimate of drug-likeness (QED) is 0.732. The zero-order valence-corrected chi connectivity index (χ0v) is 8.09. The molecule has 0 saturated carbocycles. The van der Waals surface area contributed by atoms with Crippen molar-refractivity contribution in [2.45, 2.75) is 12.5 Å². The minimum atomic E-state index is -0.147. The summed E-state index contributed by atoms with van der Waals surface area (Å²) in [5.74, 6) is -0.147. The van der Waals surface area contributed by atoms with E-state index in [-0.39, 0.29) is 5.82 Å². The van der Waals surface area contributed by atoms with Gasteiger partial charge >= 0.3 is 0 Å². The van der Waals surface area contributed by atoms with Gasteiger partial charge in [-0.05, 0) is 24.1 Å². The Bertz CT molecular complexity index is 295. The lowest BCUT2D eigenvalue weighted by Gasteiger charge is -2.24. The molecule has 0 amide bonds. The van der Waals surface area contributed by atoms with Crippen LogP contribution in [0, 0.1) is 5.82 Å². The van der Waals surface area contributed by atoms with Crippen molar-refractivity contribution >= 4 is 0 Å². The summed E-state index contributed by atoms with van der Waals surface area (Å²) in [6.45, 7) is 3.00. The third kappa shape index (κ3) is 2.53.